The zero-order valence-corrected chi connectivity index (χ0v) is 15.1. The lowest BCUT2D eigenvalue weighted by Crippen LogP contribution is -2.00. The maximum Gasteiger partial charge on any atom is 0.310 e. The second kappa shape index (κ2) is 8.37. The lowest BCUT2D eigenvalue weighted by atomic mass is 10.2. The molecule has 2 aromatic carbocycles. The number of nitro groups is 1. The third-order valence-corrected chi connectivity index (χ3v) is 3.93. The highest BCUT2D eigenvalue weighted by atomic mass is 35.5. The number of benzene rings is 2. The van der Waals surface area contributed by atoms with Crippen LogP contribution in [0.25, 0.3) is 0 Å². The summed E-state index contributed by atoms with van der Waals surface area (Å²) in [5, 5.41) is 14.3. The molecule has 0 atom stereocenters. The molecule has 0 radical (unpaired) electrons. The molecule has 3 rings (SSSR count). The van der Waals surface area contributed by atoms with Gasteiger partial charge in [0.2, 0.25) is 0 Å². The van der Waals surface area contributed by atoms with E-state index < -0.39 is 4.92 Å². The SMILES string of the molecule is COc1ccc(Nc2cc(Cl)ncc2[N+](=O)[O-])cc1OCc1ccccc1. The van der Waals surface area contributed by atoms with Gasteiger partial charge in [0.25, 0.3) is 0 Å². The summed E-state index contributed by atoms with van der Waals surface area (Å²) in [7, 11) is 1.55. The van der Waals surface area contributed by atoms with Crippen LogP contribution >= 0.6 is 11.6 Å². The second-order valence-electron chi connectivity index (χ2n) is 5.55. The molecule has 0 aliphatic rings. The van der Waals surface area contributed by atoms with Crippen molar-refractivity contribution in [1.82, 2.24) is 4.98 Å². The summed E-state index contributed by atoms with van der Waals surface area (Å²) in [4.78, 5) is 14.4. The van der Waals surface area contributed by atoms with Gasteiger partial charge in [0.05, 0.1) is 12.0 Å². The summed E-state index contributed by atoms with van der Waals surface area (Å²) >= 11 is 5.87. The quantitative estimate of drug-likeness (QED) is 0.351. The fourth-order valence-electron chi connectivity index (χ4n) is 2.43. The monoisotopic (exact) mass is 385 g/mol. The van der Waals surface area contributed by atoms with Gasteiger partial charge < -0.3 is 14.8 Å². The Bertz CT molecular complexity index is 951. The number of anilines is 2. The molecule has 138 valence electrons. The van der Waals surface area contributed by atoms with E-state index in [0.29, 0.717) is 23.8 Å². The first-order valence-corrected chi connectivity index (χ1v) is 8.36. The zero-order chi connectivity index (χ0) is 19.2. The number of rotatable bonds is 7. The second-order valence-corrected chi connectivity index (χ2v) is 5.93. The molecule has 0 bridgehead atoms. The summed E-state index contributed by atoms with van der Waals surface area (Å²) in [5.41, 5.74) is 1.65. The Morgan fingerprint density at radius 1 is 1.15 bits per heavy atom. The van der Waals surface area contributed by atoms with Crippen LogP contribution in [-0.4, -0.2) is 17.0 Å². The van der Waals surface area contributed by atoms with E-state index in [2.05, 4.69) is 10.3 Å². The third kappa shape index (κ3) is 4.65. The van der Waals surface area contributed by atoms with Gasteiger partial charge in [-0.2, -0.15) is 0 Å². The number of aromatic nitrogens is 1. The standard InChI is InChI=1S/C19H16ClN3O4/c1-26-17-8-7-14(9-18(17)27-12-13-5-3-2-4-6-13)22-15-10-19(20)21-11-16(15)23(24)25/h2-11H,12H2,1H3,(H,21,22). The summed E-state index contributed by atoms with van der Waals surface area (Å²) in [6, 6.07) is 16.3. The van der Waals surface area contributed by atoms with Crippen molar-refractivity contribution in [3.63, 3.8) is 0 Å². The molecule has 0 unspecified atom stereocenters. The van der Waals surface area contributed by atoms with E-state index in [1.807, 2.05) is 30.3 Å². The van der Waals surface area contributed by atoms with Crippen LogP contribution in [0.2, 0.25) is 5.15 Å². The molecular formula is C19H16ClN3O4. The number of methoxy groups -OCH3 is 1. The largest absolute Gasteiger partial charge is 0.493 e. The zero-order valence-electron chi connectivity index (χ0n) is 14.4. The highest BCUT2D eigenvalue weighted by molar-refractivity contribution is 6.29. The summed E-state index contributed by atoms with van der Waals surface area (Å²) < 4.78 is 11.2. The van der Waals surface area contributed by atoms with Gasteiger partial charge >= 0.3 is 5.69 Å². The van der Waals surface area contributed by atoms with Gasteiger partial charge in [-0.3, -0.25) is 10.1 Å². The summed E-state index contributed by atoms with van der Waals surface area (Å²) in [6.07, 6.45) is 1.11. The Morgan fingerprint density at radius 3 is 2.63 bits per heavy atom. The van der Waals surface area contributed by atoms with Gasteiger partial charge in [-0.05, 0) is 17.7 Å². The van der Waals surface area contributed by atoms with Crippen LogP contribution in [0.5, 0.6) is 11.5 Å². The molecule has 0 aliphatic carbocycles. The van der Waals surface area contributed by atoms with E-state index in [9.17, 15) is 10.1 Å². The first kappa shape index (κ1) is 18.5. The molecule has 7 nitrogen and oxygen atoms in total. The number of nitrogens with zero attached hydrogens (tertiary/aromatic N) is 2. The van der Waals surface area contributed by atoms with Crippen LogP contribution < -0.4 is 14.8 Å². The number of pyridine rings is 1. The normalized spacial score (nSPS) is 10.3. The fraction of sp³-hybridized carbons (Fsp3) is 0.105. The maximum absolute atomic E-state index is 11.2. The topological polar surface area (TPSA) is 86.5 Å². The van der Waals surface area contributed by atoms with Gasteiger partial charge in [0.1, 0.15) is 23.6 Å². The van der Waals surface area contributed by atoms with Gasteiger partial charge in [0.15, 0.2) is 11.5 Å². The maximum atomic E-state index is 11.2. The van der Waals surface area contributed by atoms with Crippen molar-refractivity contribution in [1.29, 1.82) is 0 Å². The Kier molecular flexibility index (Phi) is 5.73. The molecule has 8 heteroatoms. The first-order valence-electron chi connectivity index (χ1n) is 7.98. The molecule has 27 heavy (non-hydrogen) atoms. The van der Waals surface area contributed by atoms with E-state index in [4.69, 9.17) is 21.1 Å². The van der Waals surface area contributed by atoms with Crippen molar-refractivity contribution in [2.24, 2.45) is 0 Å². The summed E-state index contributed by atoms with van der Waals surface area (Å²) in [6.45, 7) is 0.363. The molecule has 0 saturated heterocycles. The fourth-order valence-corrected chi connectivity index (χ4v) is 2.58. The van der Waals surface area contributed by atoms with Crippen LogP contribution in [-0.2, 0) is 6.61 Å². The molecule has 0 fully saturated rings. The third-order valence-electron chi connectivity index (χ3n) is 3.73. The Balaban J connectivity index is 1.85. The lowest BCUT2D eigenvalue weighted by molar-refractivity contribution is -0.384. The predicted octanol–water partition coefficient (Wildman–Crippen LogP) is 4.97. The van der Waals surface area contributed by atoms with Crippen molar-refractivity contribution < 1.29 is 14.4 Å². The number of hydrogen-bond donors (Lipinski definition) is 1. The van der Waals surface area contributed by atoms with Crippen LogP contribution in [0.15, 0.2) is 60.8 Å². The minimum Gasteiger partial charge on any atom is -0.493 e. The van der Waals surface area contributed by atoms with E-state index in [-0.39, 0.29) is 16.5 Å². The van der Waals surface area contributed by atoms with Gasteiger partial charge in [-0.25, -0.2) is 4.98 Å². The Labute approximate surface area is 160 Å². The van der Waals surface area contributed by atoms with Gasteiger partial charge in [-0.15, -0.1) is 0 Å². The molecule has 0 amide bonds. The highest BCUT2D eigenvalue weighted by Crippen LogP contribution is 2.34. The van der Waals surface area contributed by atoms with E-state index in [1.54, 1.807) is 25.3 Å². The number of halogens is 1. The average Bonchev–Trinajstić information content (AvgIpc) is 2.67. The molecule has 0 spiro atoms. The molecule has 0 saturated carbocycles. The summed E-state index contributed by atoms with van der Waals surface area (Å²) in [5.74, 6) is 1.06. The minimum atomic E-state index is -0.526. The number of nitrogens with one attached hydrogen (secondary N) is 1. The van der Waals surface area contributed by atoms with Crippen LogP contribution in [0.3, 0.4) is 0 Å². The van der Waals surface area contributed by atoms with Crippen LogP contribution in [0, 0.1) is 10.1 Å². The molecular weight excluding hydrogens is 370 g/mol. The van der Waals surface area contributed by atoms with Crippen LogP contribution in [0.4, 0.5) is 17.1 Å². The lowest BCUT2D eigenvalue weighted by Gasteiger charge is -2.13. The predicted molar refractivity (Wildman–Crippen MR) is 103 cm³/mol. The van der Waals surface area contributed by atoms with Crippen molar-refractivity contribution >= 4 is 28.7 Å². The number of ether oxygens (including phenoxy) is 2. The van der Waals surface area contributed by atoms with E-state index in [0.717, 1.165) is 11.8 Å². The Hall–Kier alpha value is -3.32. The smallest absolute Gasteiger partial charge is 0.310 e. The van der Waals surface area contributed by atoms with Crippen molar-refractivity contribution in [2.45, 2.75) is 6.61 Å². The molecule has 0 aliphatic heterocycles. The molecule has 1 aromatic heterocycles. The molecule has 1 N–H and O–H groups in total. The number of hydrogen-bond acceptors (Lipinski definition) is 6. The minimum absolute atomic E-state index is 0.150. The van der Waals surface area contributed by atoms with E-state index >= 15 is 0 Å². The van der Waals surface area contributed by atoms with E-state index in [1.165, 1.54) is 6.07 Å². The molecule has 1 heterocycles. The van der Waals surface area contributed by atoms with Gasteiger partial charge in [0, 0.05) is 17.8 Å². The first-order chi connectivity index (χ1) is 13.1. The molecule has 3 aromatic rings. The Morgan fingerprint density at radius 2 is 1.93 bits per heavy atom. The van der Waals surface area contributed by atoms with Crippen molar-refractivity contribution in [2.75, 3.05) is 12.4 Å². The van der Waals surface area contributed by atoms with Crippen LogP contribution in [0.1, 0.15) is 5.56 Å². The van der Waals surface area contributed by atoms with Crippen molar-refractivity contribution in [3.8, 4) is 11.5 Å². The van der Waals surface area contributed by atoms with Gasteiger partial charge in [-0.1, -0.05) is 41.9 Å². The van der Waals surface area contributed by atoms with Crippen molar-refractivity contribution in [3.05, 3.63) is 81.6 Å². The highest BCUT2D eigenvalue weighted by Gasteiger charge is 2.16. The average molecular weight is 386 g/mol.